The molecule has 148 valence electrons. The number of carbonyl (C=O) groups excluding carboxylic acids is 2. The second kappa shape index (κ2) is 11.0. The summed E-state index contributed by atoms with van der Waals surface area (Å²) in [6.07, 6.45) is 2.26. The van der Waals surface area contributed by atoms with E-state index in [4.69, 9.17) is 17.0 Å². The fourth-order valence-electron chi connectivity index (χ4n) is 2.40. The van der Waals surface area contributed by atoms with Crippen molar-refractivity contribution in [1.82, 2.24) is 5.32 Å². The molecule has 3 N–H and O–H groups in total. The lowest BCUT2D eigenvalue weighted by Gasteiger charge is -2.14. The molecule has 0 heterocycles. The number of anilines is 2. The summed E-state index contributed by atoms with van der Waals surface area (Å²) in [5, 5.41) is 8.63. The minimum absolute atomic E-state index is 0.0545. The minimum Gasteiger partial charge on any atom is -0.494 e. The number of unbranched alkanes of at least 4 members (excludes halogenated alkanes) is 1. The SMILES string of the molecule is CCCCC(=O)Nc1ccc(NC(=S)NC(=O)c2ccccc2I)cc1OC. The molecule has 0 aliphatic rings. The second-order valence-corrected chi connectivity index (χ2v) is 7.53. The first-order chi connectivity index (χ1) is 13.4. The molecular weight excluding hydrogens is 489 g/mol. The van der Waals surface area contributed by atoms with Crippen LogP contribution in [-0.4, -0.2) is 24.0 Å². The van der Waals surface area contributed by atoms with Gasteiger partial charge in [-0.25, -0.2) is 0 Å². The van der Waals surface area contributed by atoms with E-state index >= 15 is 0 Å². The van der Waals surface area contributed by atoms with Crippen LogP contribution < -0.4 is 20.7 Å². The third-order valence-corrected chi connectivity index (χ3v) is 4.98. The van der Waals surface area contributed by atoms with E-state index < -0.39 is 0 Å². The first-order valence-electron chi connectivity index (χ1n) is 8.79. The minimum atomic E-state index is -0.283. The predicted octanol–water partition coefficient (Wildman–Crippen LogP) is 4.56. The van der Waals surface area contributed by atoms with Crippen LogP contribution in [0.25, 0.3) is 0 Å². The molecule has 2 aromatic rings. The summed E-state index contributed by atoms with van der Waals surface area (Å²) in [6, 6.07) is 12.4. The quantitative estimate of drug-likeness (QED) is 0.376. The molecule has 8 heteroatoms. The van der Waals surface area contributed by atoms with Crippen molar-refractivity contribution in [1.29, 1.82) is 0 Å². The topological polar surface area (TPSA) is 79.5 Å². The maximum Gasteiger partial charge on any atom is 0.258 e. The van der Waals surface area contributed by atoms with E-state index in [0.717, 1.165) is 16.4 Å². The lowest BCUT2D eigenvalue weighted by molar-refractivity contribution is -0.116. The number of ether oxygens (including phenoxy) is 1. The average molecular weight is 511 g/mol. The van der Waals surface area contributed by atoms with E-state index in [-0.39, 0.29) is 16.9 Å². The number of benzene rings is 2. The lowest BCUT2D eigenvalue weighted by atomic mass is 10.2. The monoisotopic (exact) mass is 511 g/mol. The van der Waals surface area contributed by atoms with E-state index in [1.165, 1.54) is 7.11 Å². The number of thiocarbonyl (C=S) groups is 1. The summed E-state index contributed by atoms with van der Waals surface area (Å²) >= 11 is 7.33. The van der Waals surface area contributed by atoms with Gasteiger partial charge in [0.05, 0.1) is 18.4 Å². The molecule has 2 amide bonds. The predicted molar refractivity (Wildman–Crippen MR) is 124 cm³/mol. The van der Waals surface area contributed by atoms with Crippen LogP contribution in [0.5, 0.6) is 5.75 Å². The molecular formula is C20H22IN3O3S. The van der Waals surface area contributed by atoms with Gasteiger partial charge in [0.1, 0.15) is 5.75 Å². The fraction of sp³-hybridized carbons (Fsp3) is 0.250. The number of nitrogens with one attached hydrogen (secondary N) is 3. The number of carbonyl (C=O) groups is 2. The van der Waals surface area contributed by atoms with E-state index in [0.29, 0.717) is 29.1 Å². The van der Waals surface area contributed by atoms with Crippen molar-refractivity contribution < 1.29 is 14.3 Å². The number of methoxy groups -OCH3 is 1. The molecule has 28 heavy (non-hydrogen) atoms. The van der Waals surface area contributed by atoms with Crippen molar-refractivity contribution in [3.63, 3.8) is 0 Å². The highest BCUT2D eigenvalue weighted by molar-refractivity contribution is 14.1. The number of hydrogen-bond donors (Lipinski definition) is 3. The van der Waals surface area contributed by atoms with Crippen molar-refractivity contribution >= 4 is 63.1 Å². The van der Waals surface area contributed by atoms with E-state index in [2.05, 4.69) is 38.5 Å². The van der Waals surface area contributed by atoms with Crippen LogP contribution in [0.1, 0.15) is 36.5 Å². The molecule has 0 aliphatic carbocycles. The highest BCUT2D eigenvalue weighted by Crippen LogP contribution is 2.28. The van der Waals surface area contributed by atoms with E-state index in [9.17, 15) is 9.59 Å². The van der Waals surface area contributed by atoms with Gasteiger partial charge in [0, 0.05) is 21.7 Å². The molecule has 0 saturated carbocycles. The molecule has 0 aliphatic heterocycles. The Labute approximate surface area is 183 Å². The van der Waals surface area contributed by atoms with Gasteiger partial charge in [-0.15, -0.1) is 0 Å². The van der Waals surface area contributed by atoms with Gasteiger partial charge in [0.15, 0.2) is 5.11 Å². The standard InChI is InChI=1S/C20H22IN3O3S/c1-3-4-9-18(25)23-16-11-10-13(12-17(16)27-2)22-20(28)24-19(26)14-7-5-6-8-15(14)21/h5-8,10-12H,3-4,9H2,1-2H3,(H,23,25)(H2,22,24,26,28). The van der Waals surface area contributed by atoms with Crippen molar-refractivity contribution in [2.24, 2.45) is 0 Å². The van der Waals surface area contributed by atoms with Crippen LogP contribution in [0.3, 0.4) is 0 Å². The van der Waals surface area contributed by atoms with Crippen LogP contribution in [-0.2, 0) is 4.79 Å². The second-order valence-electron chi connectivity index (χ2n) is 5.95. The Balaban J connectivity index is 2.01. The van der Waals surface area contributed by atoms with Gasteiger partial charge in [-0.2, -0.15) is 0 Å². The summed E-state index contributed by atoms with van der Waals surface area (Å²) in [5.74, 6) is 0.164. The maximum atomic E-state index is 12.3. The molecule has 0 saturated heterocycles. The molecule has 0 atom stereocenters. The number of rotatable bonds is 7. The summed E-state index contributed by atoms with van der Waals surface area (Å²) in [4.78, 5) is 24.3. The lowest BCUT2D eigenvalue weighted by Crippen LogP contribution is -2.34. The fourth-order valence-corrected chi connectivity index (χ4v) is 3.24. The molecule has 0 radical (unpaired) electrons. The van der Waals surface area contributed by atoms with E-state index in [1.807, 2.05) is 19.1 Å². The molecule has 0 fully saturated rings. The molecule has 0 unspecified atom stereocenters. The van der Waals surface area contributed by atoms with Gasteiger partial charge < -0.3 is 15.4 Å². The normalized spacial score (nSPS) is 10.1. The van der Waals surface area contributed by atoms with Gasteiger partial charge in [-0.3, -0.25) is 14.9 Å². The largest absolute Gasteiger partial charge is 0.494 e. The Morgan fingerprint density at radius 2 is 1.89 bits per heavy atom. The molecule has 2 rings (SSSR count). The van der Waals surface area contributed by atoms with Crippen molar-refractivity contribution in [2.75, 3.05) is 17.7 Å². The molecule has 6 nitrogen and oxygen atoms in total. The van der Waals surface area contributed by atoms with Crippen LogP contribution in [0.2, 0.25) is 0 Å². The molecule has 2 aromatic carbocycles. The molecule has 0 spiro atoms. The maximum absolute atomic E-state index is 12.3. The van der Waals surface area contributed by atoms with Gasteiger partial charge in [-0.05, 0) is 65.5 Å². The average Bonchev–Trinajstić information content (AvgIpc) is 2.67. The zero-order valence-corrected chi connectivity index (χ0v) is 18.6. The first kappa shape index (κ1) is 22.1. The summed E-state index contributed by atoms with van der Waals surface area (Å²) in [7, 11) is 1.53. The van der Waals surface area contributed by atoms with Gasteiger partial charge in [0.25, 0.3) is 5.91 Å². The van der Waals surface area contributed by atoms with Gasteiger partial charge in [-0.1, -0.05) is 25.5 Å². The number of halogens is 1. The highest BCUT2D eigenvalue weighted by atomic mass is 127. The smallest absolute Gasteiger partial charge is 0.258 e. The third kappa shape index (κ3) is 6.45. The Bertz CT molecular complexity index is 874. The van der Waals surface area contributed by atoms with Crippen molar-refractivity contribution in [2.45, 2.75) is 26.2 Å². The number of amides is 2. The zero-order valence-electron chi connectivity index (χ0n) is 15.7. The summed E-state index contributed by atoms with van der Waals surface area (Å²) in [6.45, 7) is 2.04. The Morgan fingerprint density at radius 3 is 2.57 bits per heavy atom. The van der Waals surface area contributed by atoms with Crippen LogP contribution in [0.4, 0.5) is 11.4 Å². The summed E-state index contributed by atoms with van der Waals surface area (Å²) < 4.78 is 6.19. The van der Waals surface area contributed by atoms with E-state index in [1.54, 1.807) is 30.3 Å². The van der Waals surface area contributed by atoms with Crippen molar-refractivity contribution in [3.8, 4) is 5.75 Å². The zero-order chi connectivity index (χ0) is 20.5. The van der Waals surface area contributed by atoms with Gasteiger partial charge in [0.2, 0.25) is 5.91 Å². The Kier molecular flexibility index (Phi) is 8.65. The molecule has 0 aromatic heterocycles. The molecule has 0 bridgehead atoms. The first-order valence-corrected chi connectivity index (χ1v) is 10.3. The van der Waals surface area contributed by atoms with Crippen LogP contribution in [0.15, 0.2) is 42.5 Å². The Hall–Kier alpha value is -2.20. The third-order valence-electron chi connectivity index (χ3n) is 3.84. The van der Waals surface area contributed by atoms with Crippen LogP contribution in [0, 0.1) is 3.57 Å². The van der Waals surface area contributed by atoms with Crippen molar-refractivity contribution in [3.05, 3.63) is 51.6 Å². The Morgan fingerprint density at radius 1 is 1.14 bits per heavy atom. The van der Waals surface area contributed by atoms with Gasteiger partial charge >= 0.3 is 0 Å². The summed E-state index contributed by atoms with van der Waals surface area (Å²) in [5.41, 5.74) is 1.77. The van der Waals surface area contributed by atoms with Crippen LogP contribution >= 0.6 is 34.8 Å². The number of hydrogen-bond acceptors (Lipinski definition) is 4. The highest BCUT2D eigenvalue weighted by Gasteiger charge is 2.12.